The van der Waals surface area contributed by atoms with Crippen LogP contribution in [0.25, 0.3) is 0 Å². The Morgan fingerprint density at radius 2 is 1.70 bits per heavy atom. The summed E-state index contributed by atoms with van der Waals surface area (Å²) in [4.78, 5) is 25.1. The van der Waals surface area contributed by atoms with Gasteiger partial charge in [0.15, 0.2) is 5.75 Å². The van der Waals surface area contributed by atoms with E-state index in [4.69, 9.17) is 4.74 Å². The van der Waals surface area contributed by atoms with Crippen LogP contribution in [0.4, 0.5) is 11.4 Å². The van der Waals surface area contributed by atoms with Crippen LogP contribution in [0, 0.1) is 13.8 Å². The summed E-state index contributed by atoms with van der Waals surface area (Å²) in [5, 5.41) is 5.69. The van der Waals surface area contributed by atoms with E-state index in [1.807, 2.05) is 50.2 Å². The molecule has 2 N–H and O–H groups in total. The van der Waals surface area contributed by atoms with Gasteiger partial charge in [-0.15, -0.1) is 0 Å². The smallest absolute Gasteiger partial charge is 0.259 e. The van der Waals surface area contributed by atoms with E-state index in [2.05, 4.69) is 10.6 Å². The molecule has 134 valence electrons. The van der Waals surface area contributed by atoms with Gasteiger partial charge >= 0.3 is 0 Å². The topological polar surface area (TPSA) is 67.4 Å². The molecule has 4 rings (SSSR count). The van der Waals surface area contributed by atoms with E-state index in [0.29, 0.717) is 34.0 Å². The third kappa shape index (κ3) is 3.40. The summed E-state index contributed by atoms with van der Waals surface area (Å²) in [6.07, 6.45) is 0. The standard InChI is InChI=1S/C22H18N2O3/c1-13-4-3-5-15(10-13)21(25)23-16-7-9-19-17(12-16)22(26)24-18-11-14(2)6-8-20(18)27-19/h3-12H,1-2H3,(H,23,25)(H,24,26). The lowest BCUT2D eigenvalue weighted by atomic mass is 10.1. The number of nitrogens with one attached hydrogen (secondary N) is 2. The van der Waals surface area contributed by atoms with Gasteiger partial charge in [-0.25, -0.2) is 0 Å². The average Bonchev–Trinajstić information content (AvgIpc) is 2.77. The van der Waals surface area contributed by atoms with E-state index < -0.39 is 0 Å². The monoisotopic (exact) mass is 358 g/mol. The van der Waals surface area contributed by atoms with Crippen LogP contribution in [0.2, 0.25) is 0 Å². The predicted molar refractivity (Wildman–Crippen MR) is 105 cm³/mol. The number of benzene rings is 3. The molecule has 0 unspecified atom stereocenters. The van der Waals surface area contributed by atoms with Gasteiger partial charge in [0.05, 0.1) is 11.3 Å². The van der Waals surface area contributed by atoms with Gasteiger partial charge in [0.2, 0.25) is 0 Å². The molecule has 5 nitrogen and oxygen atoms in total. The van der Waals surface area contributed by atoms with Gasteiger partial charge in [-0.1, -0.05) is 23.8 Å². The molecule has 0 fully saturated rings. The van der Waals surface area contributed by atoms with Crippen molar-refractivity contribution in [3.05, 3.63) is 82.9 Å². The number of hydrogen-bond donors (Lipinski definition) is 2. The number of ether oxygens (including phenoxy) is 1. The van der Waals surface area contributed by atoms with Crippen LogP contribution in [0.3, 0.4) is 0 Å². The summed E-state index contributed by atoms with van der Waals surface area (Å²) >= 11 is 0. The maximum absolute atomic E-state index is 12.6. The second-order valence-corrected chi connectivity index (χ2v) is 6.59. The van der Waals surface area contributed by atoms with Crippen LogP contribution < -0.4 is 15.4 Å². The van der Waals surface area contributed by atoms with Crippen LogP contribution in [-0.4, -0.2) is 11.8 Å². The van der Waals surface area contributed by atoms with Crippen molar-refractivity contribution < 1.29 is 14.3 Å². The van der Waals surface area contributed by atoms with Crippen molar-refractivity contribution in [2.24, 2.45) is 0 Å². The van der Waals surface area contributed by atoms with Gasteiger partial charge in [0.1, 0.15) is 5.75 Å². The lowest BCUT2D eigenvalue weighted by Crippen LogP contribution is -2.14. The Balaban J connectivity index is 1.63. The van der Waals surface area contributed by atoms with Crippen LogP contribution in [0.1, 0.15) is 31.8 Å². The zero-order valence-electron chi connectivity index (χ0n) is 15.0. The molecule has 0 atom stereocenters. The molecular weight excluding hydrogens is 340 g/mol. The largest absolute Gasteiger partial charge is 0.454 e. The number of fused-ring (bicyclic) bond motifs is 2. The Morgan fingerprint density at radius 1 is 0.926 bits per heavy atom. The highest BCUT2D eigenvalue weighted by molar-refractivity contribution is 6.10. The van der Waals surface area contributed by atoms with Crippen molar-refractivity contribution in [3.8, 4) is 11.5 Å². The minimum atomic E-state index is -0.277. The quantitative estimate of drug-likeness (QED) is 0.684. The van der Waals surface area contributed by atoms with Gasteiger partial charge in [0, 0.05) is 11.3 Å². The zero-order chi connectivity index (χ0) is 19.0. The van der Waals surface area contributed by atoms with Crippen molar-refractivity contribution >= 4 is 23.2 Å². The molecule has 2 amide bonds. The fourth-order valence-electron chi connectivity index (χ4n) is 3.00. The van der Waals surface area contributed by atoms with E-state index in [9.17, 15) is 9.59 Å². The van der Waals surface area contributed by atoms with Gasteiger partial charge in [-0.2, -0.15) is 0 Å². The van der Waals surface area contributed by atoms with Gasteiger partial charge in [-0.3, -0.25) is 9.59 Å². The van der Waals surface area contributed by atoms with Crippen LogP contribution >= 0.6 is 0 Å². The summed E-state index contributed by atoms with van der Waals surface area (Å²) in [5.41, 5.74) is 4.11. The Labute approximate surface area is 157 Å². The van der Waals surface area contributed by atoms with E-state index in [1.165, 1.54) is 0 Å². The third-order valence-corrected chi connectivity index (χ3v) is 4.37. The van der Waals surface area contributed by atoms with Crippen molar-refractivity contribution in [1.82, 2.24) is 0 Å². The molecule has 0 saturated carbocycles. The zero-order valence-corrected chi connectivity index (χ0v) is 15.0. The van der Waals surface area contributed by atoms with E-state index in [-0.39, 0.29) is 11.8 Å². The summed E-state index contributed by atoms with van der Waals surface area (Å²) in [5.74, 6) is 0.529. The SMILES string of the molecule is Cc1cccc(C(=O)Nc2ccc3c(c2)C(=O)Nc2cc(C)ccc2O3)c1. The van der Waals surface area contributed by atoms with E-state index >= 15 is 0 Å². The highest BCUT2D eigenvalue weighted by atomic mass is 16.5. The summed E-state index contributed by atoms with van der Waals surface area (Å²) in [6.45, 7) is 3.88. The molecule has 1 aliphatic heterocycles. The molecule has 3 aromatic carbocycles. The second kappa shape index (κ2) is 6.61. The lowest BCUT2D eigenvalue weighted by Gasteiger charge is -2.10. The van der Waals surface area contributed by atoms with Crippen molar-refractivity contribution in [2.45, 2.75) is 13.8 Å². The number of carbonyl (C=O) groups is 2. The Morgan fingerprint density at radius 3 is 2.52 bits per heavy atom. The normalized spacial score (nSPS) is 12.1. The summed E-state index contributed by atoms with van der Waals surface area (Å²) < 4.78 is 5.89. The summed E-state index contributed by atoms with van der Waals surface area (Å²) in [6, 6.07) is 18.0. The number of amides is 2. The number of hydrogen-bond acceptors (Lipinski definition) is 3. The molecule has 0 bridgehead atoms. The molecule has 5 heteroatoms. The fraction of sp³-hybridized carbons (Fsp3) is 0.0909. The van der Waals surface area contributed by atoms with E-state index in [1.54, 1.807) is 24.3 Å². The number of rotatable bonds is 2. The number of aryl methyl sites for hydroxylation is 2. The van der Waals surface area contributed by atoms with Crippen LogP contribution in [0.15, 0.2) is 60.7 Å². The molecular formula is C22H18N2O3. The predicted octanol–water partition coefficient (Wildman–Crippen LogP) is 4.91. The average molecular weight is 358 g/mol. The summed E-state index contributed by atoms with van der Waals surface area (Å²) in [7, 11) is 0. The van der Waals surface area contributed by atoms with Crippen LogP contribution in [0.5, 0.6) is 11.5 Å². The second-order valence-electron chi connectivity index (χ2n) is 6.59. The van der Waals surface area contributed by atoms with Crippen molar-refractivity contribution in [1.29, 1.82) is 0 Å². The molecule has 0 aliphatic carbocycles. The first-order valence-corrected chi connectivity index (χ1v) is 8.61. The van der Waals surface area contributed by atoms with E-state index in [0.717, 1.165) is 11.1 Å². The number of carbonyl (C=O) groups excluding carboxylic acids is 2. The molecule has 0 saturated heterocycles. The molecule has 0 aromatic heterocycles. The molecule has 3 aromatic rings. The van der Waals surface area contributed by atoms with Crippen molar-refractivity contribution in [2.75, 3.05) is 10.6 Å². The first-order chi connectivity index (χ1) is 13.0. The first-order valence-electron chi connectivity index (χ1n) is 8.61. The molecule has 1 aliphatic rings. The number of anilines is 2. The Hall–Kier alpha value is -3.60. The highest BCUT2D eigenvalue weighted by Gasteiger charge is 2.21. The van der Waals surface area contributed by atoms with Gasteiger partial charge in [-0.05, 0) is 61.9 Å². The Kier molecular flexibility index (Phi) is 4.12. The minimum Gasteiger partial charge on any atom is -0.454 e. The van der Waals surface area contributed by atoms with Crippen molar-refractivity contribution in [3.63, 3.8) is 0 Å². The highest BCUT2D eigenvalue weighted by Crippen LogP contribution is 2.37. The lowest BCUT2D eigenvalue weighted by molar-refractivity contribution is 0.101. The molecule has 27 heavy (non-hydrogen) atoms. The first kappa shape index (κ1) is 16.8. The third-order valence-electron chi connectivity index (χ3n) is 4.37. The molecule has 0 radical (unpaired) electrons. The maximum atomic E-state index is 12.6. The molecule has 0 spiro atoms. The fourth-order valence-corrected chi connectivity index (χ4v) is 3.00. The molecule has 1 heterocycles. The maximum Gasteiger partial charge on any atom is 0.259 e. The van der Waals surface area contributed by atoms with Crippen LogP contribution in [-0.2, 0) is 0 Å². The van der Waals surface area contributed by atoms with Gasteiger partial charge in [0.25, 0.3) is 11.8 Å². The van der Waals surface area contributed by atoms with Gasteiger partial charge < -0.3 is 15.4 Å². The Bertz CT molecular complexity index is 1070. The minimum absolute atomic E-state index is 0.229.